The molecular weight excluding hydrogens is 364 g/mol. The van der Waals surface area contributed by atoms with Crippen LogP contribution >= 0.6 is 23.2 Å². The van der Waals surface area contributed by atoms with Crippen molar-refractivity contribution < 1.29 is 9.18 Å². The van der Waals surface area contributed by atoms with Gasteiger partial charge in [0.15, 0.2) is 0 Å². The summed E-state index contributed by atoms with van der Waals surface area (Å²) in [4.78, 5) is 14.5. The van der Waals surface area contributed by atoms with Crippen molar-refractivity contribution in [3.05, 3.63) is 63.9 Å². The number of halogens is 3. The van der Waals surface area contributed by atoms with Gasteiger partial charge in [-0.1, -0.05) is 35.3 Å². The van der Waals surface area contributed by atoms with Gasteiger partial charge in [-0.2, -0.15) is 0 Å². The Hall–Kier alpha value is -1.66. The first-order valence-corrected chi connectivity index (χ1v) is 8.73. The Balaban J connectivity index is 1.69. The number of piperazine rings is 1. The summed E-state index contributed by atoms with van der Waals surface area (Å²) in [6, 6.07) is 11.6. The average Bonchev–Trinajstić information content (AvgIpc) is 2.58. The van der Waals surface area contributed by atoms with Gasteiger partial charge in [-0.25, -0.2) is 4.39 Å². The van der Waals surface area contributed by atoms with E-state index in [1.54, 1.807) is 0 Å². The van der Waals surface area contributed by atoms with E-state index in [1.807, 2.05) is 24.3 Å². The number of nitrogens with one attached hydrogen (secondary N) is 2. The monoisotopic (exact) mass is 381 g/mol. The third-order valence-corrected chi connectivity index (χ3v) is 4.69. The van der Waals surface area contributed by atoms with Crippen LogP contribution in [0.4, 0.5) is 10.1 Å². The number of nitrogens with zero attached hydrogens (tertiary/aromatic N) is 1. The molecule has 1 atom stereocenters. The molecule has 4 nitrogen and oxygen atoms in total. The van der Waals surface area contributed by atoms with Crippen LogP contribution in [-0.4, -0.2) is 37.0 Å². The van der Waals surface area contributed by atoms with Crippen LogP contribution in [-0.2, 0) is 4.79 Å². The van der Waals surface area contributed by atoms with Gasteiger partial charge in [-0.3, -0.25) is 9.69 Å². The summed E-state index contributed by atoms with van der Waals surface area (Å²) in [5.74, 6) is -0.631. The zero-order valence-electron chi connectivity index (χ0n) is 13.4. The number of amides is 1. The smallest absolute Gasteiger partial charge is 0.238 e. The van der Waals surface area contributed by atoms with Crippen molar-refractivity contribution in [3.63, 3.8) is 0 Å². The maximum Gasteiger partial charge on any atom is 0.238 e. The zero-order chi connectivity index (χ0) is 17.8. The van der Waals surface area contributed by atoms with Crippen LogP contribution in [0.25, 0.3) is 0 Å². The van der Waals surface area contributed by atoms with Gasteiger partial charge in [0.25, 0.3) is 0 Å². The molecule has 1 heterocycles. The molecule has 2 N–H and O–H groups in total. The Morgan fingerprint density at radius 3 is 2.88 bits per heavy atom. The lowest BCUT2D eigenvalue weighted by atomic mass is 10.0. The Kier molecular flexibility index (Phi) is 5.91. The van der Waals surface area contributed by atoms with Crippen molar-refractivity contribution in [3.8, 4) is 0 Å². The average molecular weight is 382 g/mol. The minimum atomic E-state index is -0.439. The number of carbonyl (C=O) groups excluding carboxylic acids is 1. The maximum absolute atomic E-state index is 13.1. The fraction of sp³-hybridized carbons (Fsp3) is 0.278. The summed E-state index contributed by atoms with van der Waals surface area (Å²) in [5, 5.41) is 6.94. The van der Waals surface area contributed by atoms with E-state index in [2.05, 4.69) is 15.5 Å². The second kappa shape index (κ2) is 8.15. The van der Waals surface area contributed by atoms with E-state index < -0.39 is 5.82 Å². The van der Waals surface area contributed by atoms with Crippen LogP contribution in [0, 0.1) is 5.82 Å². The number of rotatable bonds is 4. The molecule has 1 aliphatic heterocycles. The SMILES string of the molecule is O=C(CN1CCNCC1c1cccc(Cl)c1)Nc1ccc(F)cc1Cl. The van der Waals surface area contributed by atoms with Crippen molar-refractivity contribution in [1.29, 1.82) is 0 Å². The zero-order valence-corrected chi connectivity index (χ0v) is 14.9. The van der Waals surface area contributed by atoms with Gasteiger partial charge < -0.3 is 10.6 Å². The molecule has 1 unspecified atom stereocenters. The van der Waals surface area contributed by atoms with E-state index in [9.17, 15) is 9.18 Å². The molecule has 7 heteroatoms. The number of hydrogen-bond donors (Lipinski definition) is 2. The first-order valence-electron chi connectivity index (χ1n) is 7.98. The summed E-state index contributed by atoms with van der Waals surface area (Å²) in [7, 11) is 0. The first-order chi connectivity index (χ1) is 12.0. The van der Waals surface area contributed by atoms with Crippen molar-refractivity contribution >= 4 is 34.8 Å². The highest BCUT2D eigenvalue weighted by Crippen LogP contribution is 2.25. The van der Waals surface area contributed by atoms with Crippen LogP contribution in [0.1, 0.15) is 11.6 Å². The summed E-state index contributed by atoms with van der Waals surface area (Å²) in [5.41, 5.74) is 1.47. The molecule has 2 aromatic carbocycles. The molecule has 1 fully saturated rings. The van der Waals surface area contributed by atoms with Crippen LogP contribution in [0.2, 0.25) is 10.0 Å². The Morgan fingerprint density at radius 1 is 1.28 bits per heavy atom. The van der Waals surface area contributed by atoms with Crippen molar-refractivity contribution in [2.45, 2.75) is 6.04 Å². The third kappa shape index (κ3) is 4.70. The molecule has 132 valence electrons. The highest BCUT2D eigenvalue weighted by atomic mass is 35.5. The second-order valence-electron chi connectivity index (χ2n) is 5.92. The second-order valence-corrected chi connectivity index (χ2v) is 6.76. The molecule has 0 aromatic heterocycles. The van der Waals surface area contributed by atoms with Crippen molar-refractivity contribution in [1.82, 2.24) is 10.2 Å². The van der Waals surface area contributed by atoms with Crippen molar-refractivity contribution in [2.24, 2.45) is 0 Å². The number of hydrogen-bond acceptors (Lipinski definition) is 3. The third-order valence-electron chi connectivity index (χ3n) is 4.14. The van der Waals surface area contributed by atoms with Gasteiger partial charge >= 0.3 is 0 Å². The predicted molar refractivity (Wildman–Crippen MR) is 98.7 cm³/mol. The topological polar surface area (TPSA) is 44.4 Å². The summed E-state index contributed by atoms with van der Waals surface area (Å²) in [6.45, 7) is 2.50. The minimum Gasteiger partial charge on any atom is -0.324 e. The highest BCUT2D eigenvalue weighted by Gasteiger charge is 2.25. The quantitative estimate of drug-likeness (QED) is 0.847. The standard InChI is InChI=1S/C18H18Cl2FN3O/c19-13-3-1-2-12(8-13)17-10-22-6-7-24(17)11-18(25)23-16-5-4-14(21)9-15(16)20/h1-5,8-9,17,22H,6-7,10-11H2,(H,23,25). The fourth-order valence-corrected chi connectivity index (χ4v) is 3.36. The van der Waals surface area contributed by atoms with Crippen LogP contribution < -0.4 is 10.6 Å². The van der Waals surface area contributed by atoms with E-state index in [-0.39, 0.29) is 23.5 Å². The van der Waals surface area contributed by atoms with Crippen LogP contribution in [0.5, 0.6) is 0 Å². The normalized spacial score (nSPS) is 18.1. The summed E-state index contributed by atoms with van der Waals surface area (Å²) in [6.07, 6.45) is 0. The molecule has 25 heavy (non-hydrogen) atoms. The van der Waals surface area contributed by atoms with Gasteiger partial charge in [-0.15, -0.1) is 0 Å². The van der Waals surface area contributed by atoms with E-state index in [0.29, 0.717) is 10.7 Å². The Morgan fingerprint density at radius 2 is 2.12 bits per heavy atom. The van der Waals surface area contributed by atoms with Gasteiger partial charge in [-0.05, 0) is 35.9 Å². The molecule has 1 amide bonds. The number of carbonyl (C=O) groups is 1. The predicted octanol–water partition coefficient (Wildman–Crippen LogP) is 3.72. The fourth-order valence-electron chi connectivity index (χ4n) is 2.94. The van der Waals surface area contributed by atoms with Gasteiger partial charge in [0, 0.05) is 30.7 Å². The lowest BCUT2D eigenvalue weighted by Crippen LogP contribution is -2.48. The summed E-state index contributed by atoms with van der Waals surface area (Å²) < 4.78 is 13.1. The molecule has 1 saturated heterocycles. The van der Waals surface area contributed by atoms with E-state index in [1.165, 1.54) is 18.2 Å². The van der Waals surface area contributed by atoms with Gasteiger partial charge in [0.05, 0.1) is 17.3 Å². The molecule has 0 spiro atoms. The Bertz CT molecular complexity index is 772. The van der Waals surface area contributed by atoms with Crippen molar-refractivity contribution in [2.75, 3.05) is 31.5 Å². The number of benzene rings is 2. The van der Waals surface area contributed by atoms with Crippen LogP contribution in [0.15, 0.2) is 42.5 Å². The summed E-state index contributed by atoms with van der Waals surface area (Å²) >= 11 is 12.1. The number of anilines is 1. The highest BCUT2D eigenvalue weighted by molar-refractivity contribution is 6.33. The lowest BCUT2D eigenvalue weighted by Gasteiger charge is -2.36. The van der Waals surface area contributed by atoms with Gasteiger partial charge in [0.2, 0.25) is 5.91 Å². The Labute approximate surface area is 155 Å². The van der Waals surface area contributed by atoms with E-state index in [0.717, 1.165) is 25.2 Å². The molecule has 0 saturated carbocycles. The maximum atomic E-state index is 13.1. The molecule has 2 aromatic rings. The van der Waals surface area contributed by atoms with Crippen LogP contribution in [0.3, 0.4) is 0 Å². The lowest BCUT2D eigenvalue weighted by molar-refractivity contribution is -0.118. The molecule has 0 bridgehead atoms. The van der Waals surface area contributed by atoms with E-state index in [4.69, 9.17) is 23.2 Å². The molecule has 1 aliphatic rings. The molecule has 3 rings (SSSR count). The van der Waals surface area contributed by atoms with E-state index >= 15 is 0 Å². The first kappa shape index (κ1) is 18.1. The molecule has 0 aliphatic carbocycles. The minimum absolute atomic E-state index is 0.0573. The largest absolute Gasteiger partial charge is 0.324 e. The van der Waals surface area contributed by atoms with Gasteiger partial charge in [0.1, 0.15) is 5.82 Å². The molecule has 0 radical (unpaired) electrons. The molecular formula is C18H18Cl2FN3O.